The van der Waals surface area contributed by atoms with E-state index >= 15 is 0 Å². The molecule has 0 amide bonds. The molecule has 35 heavy (non-hydrogen) atoms. The van der Waals surface area contributed by atoms with Gasteiger partial charge in [0.15, 0.2) is 0 Å². The van der Waals surface area contributed by atoms with Gasteiger partial charge < -0.3 is 0 Å². The van der Waals surface area contributed by atoms with Crippen LogP contribution in [0.15, 0.2) is 36.4 Å². The predicted octanol–water partition coefficient (Wildman–Crippen LogP) is 11.1. The highest BCUT2D eigenvalue weighted by atomic mass is 32.1. The molecule has 0 atom stereocenters. The van der Waals surface area contributed by atoms with Gasteiger partial charge in [-0.3, -0.25) is 0 Å². The average molecular weight is 491 g/mol. The quantitative estimate of drug-likeness (QED) is 0.323. The minimum Gasteiger partial charge on any atom is -0.140 e. The summed E-state index contributed by atoms with van der Waals surface area (Å²) in [5.74, 6) is 5.66. The van der Waals surface area contributed by atoms with Crippen molar-refractivity contribution in [2.45, 2.75) is 122 Å². The molecule has 0 aliphatic heterocycles. The fourth-order valence-electron chi connectivity index (χ4n) is 7.82. The molecule has 3 aliphatic carbocycles. The number of hydrogen-bond donors (Lipinski definition) is 0. The van der Waals surface area contributed by atoms with Gasteiger partial charge in [-0.1, -0.05) is 57.4 Å². The van der Waals surface area contributed by atoms with Crippen LogP contribution < -0.4 is 0 Å². The summed E-state index contributed by atoms with van der Waals surface area (Å²) in [5.41, 5.74) is 1.52. The maximum atomic E-state index is 2.66. The summed E-state index contributed by atoms with van der Waals surface area (Å²) >= 11 is 2.09. The first kappa shape index (κ1) is 25.6. The molecular formula is C34H50S. The molecule has 3 saturated carbocycles. The first-order chi connectivity index (χ1) is 17.2. The monoisotopic (exact) mass is 490 g/mol. The van der Waals surface area contributed by atoms with Gasteiger partial charge in [0.25, 0.3) is 0 Å². The number of aryl methyl sites for hydroxylation is 1. The summed E-state index contributed by atoms with van der Waals surface area (Å²) in [6, 6.07) is 9.70. The van der Waals surface area contributed by atoms with Crippen LogP contribution >= 0.6 is 11.3 Å². The molecule has 192 valence electrons. The number of benzene rings is 1. The van der Waals surface area contributed by atoms with Gasteiger partial charge in [-0.2, -0.15) is 0 Å². The van der Waals surface area contributed by atoms with E-state index in [-0.39, 0.29) is 0 Å². The Morgan fingerprint density at radius 2 is 1.34 bits per heavy atom. The van der Waals surface area contributed by atoms with Crippen LogP contribution in [0.4, 0.5) is 0 Å². The lowest BCUT2D eigenvalue weighted by Gasteiger charge is -2.37. The van der Waals surface area contributed by atoms with E-state index < -0.39 is 0 Å². The SMILES string of the molecule is CCCc1ccc2cc(C3CCC(C4CCC(/C=C/C5CCC(CCC)CC5)CC4)CC3)sc2c1. The Balaban J connectivity index is 1.05. The number of hydrogen-bond acceptors (Lipinski definition) is 1. The Bertz CT molecular complexity index is 927. The second kappa shape index (κ2) is 12.4. The van der Waals surface area contributed by atoms with Gasteiger partial charge in [0.2, 0.25) is 0 Å². The zero-order valence-electron chi connectivity index (χ0n) is 22.7. The van der Waals surface area contributed by atoms with Gasteiger partial charge in [0.1, 0.15) is 0 Å². The zero-order valence-corrected chi connectivity index (χ0v) is 23.5. The molecule has 1 aromatic heterocycles. The highest BCUT2D eigenvalue weighted by Gasteiger charge is 2.31. The lowest BCUT2D eigenvalue weighted by Crippen LogP contribution is -2.25. The molecule has 2 aromatic rings. The van der Waals surface area contributed by atoms with Crippen molar-refractivity contribution in [1.82, 2.24) is 0 Å². The number of rotatable bonds is 8. The van der Waals surface area contributed by atoms with Gasteiger partial charge in [-0.15, -0.1) is 11.3 Å². The maximum Gasteiger partial charge on any atom is 0.0348 e. The molecule has 3 aliphatic rings. The molecule has 1 heteroatoms. The van der Waals surface area contributed by atoms with Crippen LogP contribution in [-0.4, -0.2) is 0 Å². The van der Waals surface area contributed by atoms with E-state index in [9.17, 15) is 0 Å². The lowest BCUT2D eigenvalue weighted by atomic mass is 9.69. The molecule has 0 spiro atoms. The standard InChI is InChI=1S/C34H50S/c1-3-5-25-7-9-26(10-8-25)11-12-27-13-16-29(17-14-27)30-19-21-31(22-20-30)34-24-32-18-15-28(6-4-2)23-33(32)35-34/h11-12,15,18,23-27,29-31H,3-10,13-14,16-17,19-22H2,1-2H3/b12-11+. The minimum absolute atomic E-state index is 0.824. The van der Waals surface area contributed by atoms with Crippen molar-refractivity contribution >= 4 is 21.4 Å². The predicted molar refractivity (Wildman–Crippen MR) is 155 cm³/mol. The van der Waals surface area contributed by atoms with Crippen molar-refractivity contribution in [3.05, 3.63) is 46.9 Å². The molecular weight excluding hydrogens is 440 g/mol. The highest BCUT2D eigenvalue weighted by molar-refractivity contribution is 7.19. The maximum absolute atomic E-state index is 2.66. The topological polar surface area (TPSA) is 0 Å². The highest BCUT2D eigenvalue weighted by Crippen LogP contribution is 2.46. The van der Waals surface area contributed by atoms with Crippen LogP contribution in [0, 0.1) is 29.6 Å². The fourth-order valence-corrected chi connectivity index (χ4v) is 9.11. The van der Waals surface area contributed by atoms with Crippen LogP contribution in [-0.2, 0) is 6.42 Å². The Morgan fingerprint density at radius 1 is 0.714 bits per heavy atom. The summed E-state index contributed by atoms with van der Waals surface area (Å²) in [6.07, 6.45) is 28.2. The van der Waals surface area contributed by atoms with Crippen molar-refractivity contribution in [2.24, 2.45) is 29.6 Å². The summed E-state index contributed by atoms with van der Waals surface area (Å²) < 4.78 is 1.52. The van der Waals surface area contributed by atoms with E-state index in [0.717, 1.165) is 35.5 Å². The van der Waals surface area contributed by atoms with Gasteiger partial charge in [-0.25, -0.2) is 0 Å². The summed E-state index contributed by atoms with van der Waals surface area (Å²) in [7, 11) is 0. The first-order valence-corrected chi connectivity index (χ1v) is 16.2. The number of fused-ring (bicyclic) bond motifs is 1. The van der Waals surface area contributed by atoms with Gasteiger partial charge >= 0.3 is 0 Å². The number of allylic oxidation sites excluding steroid dienone is 2. The molecule has 0 unspecified atom stereocenters. The Kier molecular flexibility index (Phi) is 9.09. The third kappa shape index (κ3) is 6.63. The van der Waals surface area contributed by atoms with E-state index in [4.69, 9.17) is 0 Å². The van der Waals surface area contributed by atoms with Crippen LogP contribution in [0.1, 0.15) is 127 Å². The minimum atomic E-state index is 0.824. The summed E-state index contributed by atoms with van der Waals surface area (Å²) in [5, 5.41) is 1.48. The molecule has 0 N–H and O–H groups in total. The molecule has 0 saturated heterocycles. The molecule has 3 fully saturated rings. The molecule has 0 radical (unpaired) electrons. The van der Waals surface area contributed by atoms with Crippen molar-refractivity contribution in [2.75, 3.05) is 0 Å². The van der Waals surface area contributed by atoms with Crippen LogP contribution in [0.25, 0.3) is 10.1 Å². The Labute approximate surface area is 220 Å². The molecule has 0 nitrogen and oxygen atoms in total. The lowest BCUT2D eigenvalue weighted by molar-refractivity contribution is 0.172. The van der Waals surface area contributed by atoms with Gasteiger partial charge in [0, 0.05) is 9.58 Å². The fraction of sp³-hybridized carbons (Fsp3) is 0.706. The normalized spacial score (nSPS) is 32.4. The van der Waals surface area contributed by atoms with E-state index in [1.165, 1.54) is 118 Å². The van der Waals surface area contributed by atoms with Crippen molar-refractivity contribution < 1.29 is 0 Å². The Morgan fingerprint density at radius 3 is 1.97 bits per heavy atom. The Hall–Kier alpha value is -1.08. The van der Waals surface area contributed by atoms with Gasteiger partial charge in [0.05, 0.1) is 0 Å². The van der Waals surface area contributed by atoms with Crippen molar-refractivity contribution in [3.8, 4) is 0 Å². The zero-order chi connectivity index (χ0) is 24.0. The first-order valence-electron chi connectivity index (χ1n) is 15.4. The van der Waals surface area contributed by atoms with Crippen LogP contribution in [0.3, 0.4) is 0 Å². The summed E-state index contributed by atoms with van der Waals surface area (Å²) in [4.78, 5) is 1.67. The average Bonchev–Trinajstić information content (AvgIpc) is 3.33. The van der Waals surface area contributed by atoms with Crippen molar-refractivity contribution in [1.29, 1.82) is 0 Å². The third-order valence-corrected chi connectivity index (χ3v) is 11.3. The molecule has 5 rings (SSSR count). The summed E-state index contributed by atoms with van der Waals surface area (Å²) in [6.45, 7) is 4.63. The third-order valence-electron chi connectivity index (χ3n) is 10.0. The van der Waals surface area contributed by atoms with E-state index in [1.54, 1.807) is 4.88 Å². The second-order valence-corrected chi connectivity index (χ2v) is 13.6. The van der Waals surface area contributed by atoms with E-state index in [2.05, 4.69) is 61.6 Å². The van der Waals surface area contributed by atoms with Gasteiger partial charge in [-0.05, 0) is 142 Å². The van der Waals surface area contributed by atoms with Crippen LogP contribution in [0.2, 0.25) is 0 Å². The van der Waals surface area contributed by atoms with E-state index in [0.29, 0.717) is 0 Å². The second-order valence-electron chi connectivity index (χ2n) is 12.5. The molecule has 1 heterocycles. The van der Waals surface area contributed by atoms with E-state index in [1.807, 2.05) is 0 Å². The largest absolute Gasteiger partial charge is 0.140 e. The van der Waals surface area contributed by atoms with Crippen molar-refractivity contribution in [3.63, 3.8) is 0 Å². The smallest absolute Gasteiger partial charge is 0.0348 e. The molecule has 0 bridgehead atoms. The number of thiophene rings is 1. The molecule has 1 aromatic carbocycles. The van der Waals surface area contributed by atoms with Crippen LogP contribution in [0.5, 0.6) is 0 Å².